The predicted octanol–water partition coefficient (Wildman–Crippen LogP) is 9.09. The van der Waals surface area contributed by atoms with Gasteiger partial charge in [0, 0.05) is 6.42 Å². The van der Waals surface area contributed by atoms with Crippen molar-refractivity contribution in [1.82, 2.24) is 0 Å². The molecule has 0 bridgehead atoms. The standard InChI is InChI=1S/C36H71NO4/c1-3-5-7-9-10-11-12-13-14-15-19-22-26-30-33(39)35(37)36(41)34(40)31-27-23-20-17-16-18-21-25-29-32(38)28-24-8-6-4-2/h26,30,32-33,35-36,38-39,41H,3-25,27-29,31,37H2,1-2H3/b30-26+/t32?,33-,35-,36?/m1/s1. The summed E-state index contributed by atoms with van der Waals surface area (Å²) in [5.41, 5.74) is 5.99. The fourth-order valence-corrected chi connectivity index (χ4v) is 5.53. The molecule has 5 heteroatoms. The maximum atomic E-state index is 12.4. The molecule has 0 spiro atoms. The van der Waals surface area contributed by atoms with Gasteiger partial charge in [0.2, 0.25) is 0 Å². The van der Waals surface area contributed by atoms with Crippen molar-refractivity contribution in [2.45, 2.75) is 212 Å². The van der Waals surface area contributed by atoms with Crippen molar-refractivity contribution >= 4 is 5.78 Å². The second-order valence-corrected chi connectivity index (χ2v) is 12.6. The Kier molecular flexibility index (Phi) is 30.1. The summed E-state index contributed by atoms with van der Waals surface area (Å²) in [6, 6.07) is -0.967. The average Bonchev–Trinajstić information content (AvgIpc) is 2.97. The molecular weight excluding hydrogens is 510 g/mol. The van der Waals surface area contributed by atoms with Crippen molar-refractivity contribution in [2.75, 3.05) is 0 Å². The van der Waals surface area contributed by atoms with Crippen LogP contribution in [0.1, 0.15) is 187 Å². The molecule has 0 amide bonds. The Balaban J connectivity index is 3.67. The minimum Gasteiger partial charge on any atom is -0.393 e. The van der Waals surface area contributed by atoms with Crippen LogP contribution in [-0.2, 0) is 4.79 Å². The number of carbonyl (C=O) groups excluding carboxylic acids is 1. The molecule has 0 aromatic heterocycles. The van der Waals surface area contributed by atoms with Crippen LogP contribution in [0.3, 0.4) is 0 Å². The fourth-order valence-electron chi connectivity index (χ4n) is 5.53. The molecule has 0 aliphatic carbocycles. The van der Waals surface area contributed by atoms with Crippen LogP contribution < -0.4 is 5.73 Å². The van der Waals surface area contributed by atoms with Crippen LogP contribution in [-0.4, -0.2) is 45.5 Å². The maximum absolute atomic E-state index is 12.4. The topological polar surface area (TPSA) is 104 Å². The van der Waals surface area contributed by atoms with Gasteiger partial charge in [-0.2, -0.15) is 0 Å². The Morgan fingerprint density at radius 1 is 0.585 bits per heavy atom. The number of Topliss-reactive ketones (excluding diaryl/α,β-unsaturated/α-hetero) is 1. The van der Waals surface area contributed by atoms with Gasteiger partial charge in [0.05, 0.1) is 18.2 Å². The highest BCUT2D eigenvalue weighted by molar-refractivity contribution is 5.83. The molecule has 41 heavy (non-hydrogen) atoms. The van der Waals surface area contributed by atoms with Crippen molar-refractivity contribution in [3.63, 3.8) is 0 Å². The molecule has 5 N–H and O–H groups in total. The number of allylic oxidation sites excluding steroid dienone is 1. The first-order valence-electron chi connectivity index (χ1n) is 17.9. The van der Waals surface area contributed by atoms with E-state index < -0.39 is 18.2 Å². The molecule has 5 nitrogen and oxygen atoms in total. The van der Waals surface area contributed by atoms with Crippen molar-refractivity contribution in [1.29, 1.82) is 0 Å². The monoisotopic (exact) mass is 582 g/mol. The largest absolute Gasteiger partial charge is 0.393 e. The van der Waals surface area contributed by atoms with Crippen LogP contribution in [0.5, 0.6) is 0 Å². The van der Waals surface area contributed by atoms with Crippen LogP contribution in [0.4, 0.5) is 0 Å². The molecular formula is C36H71NO4. The van der Waals surface area contributed by atoms with E-state index in [1.165, 1.54) is 109 Å². The van der Waals surface area contributed by atoms with E-state index in [0.29, 0.717) is 6.42 Å². The van der Waals surface area contributed by atoms with Crippen LogP contribution in [0.15, 0.2) is 12.2 Å². The van der Waals surface area contributed by atoms with Gasteiger partial charge in [-0.05, 0) is 32.1 Å². The van der Waals surface area contributed by atoms with Crippen LogP contribution in [0.2, 0.25) is 0 Å². The molecule has 0 heterocycles. The highest BCUT2D eigenvalue weighted by Crippen LogP contribution is 2.16. The number of hydrogen-bond donors (Lipinski definition) is 4. The Labute approximate surface area is 255 Å². The maximum Gasteiger partial charge on any atom is 0.162 e. The normalized spacial score (nSPS) is 14.9. The summed E-state index contributed by atoms with van der Waals surface area (Å²) < 4.78 is 0. The Bertz CT molecular complexity index is 582. The van der Waals surface area contributed by atoms with E-state index in [0.717, 1.165) is 57.8 Å². The van der Waals surface area contributed by atoms with Crippen LogP contribution in [0.25, 0.3) is 0 Å². The number of carbonyl (C=O) groups is 1. The first kappa shape index (κ1) is 40.2. The summed E-state index contributed by atoms with van der Waals surface area (Å²) in [6.07, 6.45) is 32.3. The lowest BCUT2D eigenvalue weighted by molar-refractivity contribution is -0.129. The van der Waals surface area contributed by atoms with E-state index in [1.54, 1.807) is 6.08 Å². The lowest BCUT2D eigenvalue weighted by atomic mass is 9.97. The van der Waals surface area contributed by atoms with Gasteiger partial charge in [0.1, 0.15) is 6.10 Å². The fraction of sp³-hybridized carbons (Fsp3) is 0.917. The minimum absolute atomic E-state index is 0.121. The zero-order valence-corrected chi connectivity index (χ0v) is 27.4. The number of aliphatic hydroxyl groups excluding tert-OH is 3. The second-order valence-electron chi connectivity index (χ2n) is 12.6. The number of aliphatic hydroxyl groups is 3. The molecule has 0 aliphatic rings. The van der Waals surface area contributed by atoms with Crippen molar-refractivity contribution in [3.05, 3.63) is 12.2 Å². The first-order valence-corrected chi connectivity index (χ1v) is 17.9. The summed E-state index contributed by atoms with van der Waals surface area (Å²) in [5, 5.41) is 30.6. The van der Waals surface area contributed by atoms with Crippen molar-refractivity contribution in [3.8, 4) is 0 Å². The Morgan fingerprint density at radius 2 is 0.976 bits per heavy atom. The number of ketones is 1. The van der Waals surface area contributed by atoms with Gasteiger partial charge < -0.3 is 21.1 Å². The summed E-state index contributed by atoms with van der Waals surface area (Å²) in [6.45, 7) is 4.47. The first-order chi connectivity index (χ1) is 19.9. The van der Waals surface area contributed by atoms with Crippen molar-refractivity contribution < 1.29 is 20.1 Å². The van der Waals surface area contributed by atoms with E-state index >= 15 is 0 Å². The highest BCUT2D eigenvalue weighted by Gasteiger charge is 2.26. The van der Waals surface area contributed by atoms with E-state index in [-0.39, 0.29) is 11.9 Å². The number of rotatable bonds is 32. The summed E-state index contributed by atoms with van der Waals surface area (Å²) in [7, 11) is 0. The van der Waals surface area contributed by atoms with E-state index in [1.807, 2.05) is 6.08 Å². The Morgan fingerprint density at radius 3 is 1.46 bits per heavy atom. The van der Waals surface area contributed by atoms with Crippen LogP contribution in [0, 0.1) is 0 Å². The summed E-state index contributed by atoms with van der Waals surface area (Å²) in [4.78, 5) is 12.4. The molecule has 0 rings (SSSR count). The van der Waals surface area contributed by atoms with Gasteiger partial charge in [-0.3, -0.25) is 4.79 Å². The zero-order valence-electron chi connectivity index (χ0n) is 27.4. The quantitative estimate of drug-likeness (QED) is 0.0468. The van der Waals surface area contributed by atoms with Gasteiger partial charge in [-0.25, -0.2) is 0 Å². The van der Waals surface area contributed by atoms with Gasteiger partial charge in [0.25, 0.3) is 0 Å². The molecule has 0 saturated carbocycles. The van der Waals surface area contributed by atoms with E-state index in [2.05, 4.69) is 13.8 Å². The van der Waals surface area contributed by atoms with Gasteiger partial charge in [0.15, 0.2) is 5.78 Å². The molecule has 4 atom stereocenters. The number of nitrogens with two attached hydrogens (primary N) is 1. The van der Waals surface area contributed by atoms with Gasteiger partial charge >= 0.3 is 0 Å². The third kappa shape index (κ3) is 26.6. The van der Waals surface area contributed by atoms with Gasteiger partial charge in [-0.15, -0.1) is 0 Å². The molecule has 244 valence electrons. The molecule has 0 saturated heterocycles. The third-order valence-corrected chi connectivity index (χ3v) is 8.50. The third-order valence-electron chi connectivity index (χ3n) is 8.50. The highest BCUT2D eigenvalue weighted by atomic mass is 16.3. The number of hydrogen-bond acceptors (Lipinski definition) is 5. The molecule has 0 radical (unpaired) electrons. The van der Waals surface area contributed by atoms with Gasteiger partial charge in [-0.1, -0.05) is 161 Å². The molecule has 0 aromatic carbocycles. The minimum atomic E-state index is -1.31. The molecule has 0 aliphatic heterocycles. The SMILES string of the molecule is CCCCCCCCCCCCC/C=C/[C@@H](O)[C@@H](N)C(O)C(=O)CCCCCCCCCCC(O)CCCCCC. The molecule has 0 fully saturated rings. The second kappa shape index (κ2) is 30.7. The molecule has 0 aromatic rings. The van der Waals surface area contributed by atoms with E-state index in [9.17, 15) is 20.1 Å². The molecule has 2 unspecified atom stereocenters. The Hall–Kier alpha value is -0.750. The summed E-state index contributed by atoms with van der Waals surface area (Å²) >= 11 is 0. The smallest absolute Gasteiger partial charge is 0.162 e. The lowest BCUT2D eigenvalue weighted by Crippen LogP contribution is -2.47. The van der Waals surface area contributed by atoms with Crippen molar-refractivity contribution in [2.24, 2.45) is 5.73 Å². The zero-order chi connectivity index (χ0) is 30.4. The summed E-state index contributed by atoms with van der Waals surface area (Å²) in [5.74, 6) is -0.261. The van der Waals surface area contributed by atoms with E-state index in [4.69, 9.17) is 5.73 Å². The van der Waals surface area contributed by atoms with Crippen LogP contribution >= 0.6 is 0 Å². The lowest BCUT2D eigenvalue weighted by Gasteiger charge is -2.21. The number of unbranched alkanes of at least 4 members (excludes halogenated alkanes) is 21. The predicted molar refractivity (Wildman–Crippen MR) is 176 cm³/mol. The average molecular weight is 582 g/mol.